The molecular weight excluding hydrogens is 283 g/mol. The fraction of sp³-hybridized carbons (Fsp3) is 0.429. The van der Waals surface area contributed by atoms with Gasteiger partial charge in [-0.2, -0.15) is 0 Å². The maximum Gasteiger partial charge on any atom is 0.258 e. The monoisotopic (exact) mass is 298 g/mol. The van der Waals surface area contributed by atoms with Gasteiger partial charge in [-0.3, -0.25) is 9.59 Å². The van der Waals surface area contributed by atoms with E-state index in [2.05, 4.69) is 5.32 Å². The standard InChI is InChI=1S/C14H16ClFN2O2/c1-9(19)17-10-5-7-18(8-6-10)14(20)13-11(15)3-2-4-12(13)16/h2-4,10H,5-8H2,1H3,(H,17,19). The normalized spacial score (nSPS) is 16.1. The smallest absolute Gasteiger partial charge is 0.258 e. The molecule has 0 spiro atoms. The summed E-state index contributed by atoms with van der Waals surface area (Å²) >= 11 is 5.90. The van der Waals surface area contributed by atoms with Crippen molar-refractivity contribution in [2.75, 3.05) is 13.1 Å². The Morgan fingerprint density at radius 2 is 2.00 bits per heavy atom. The number of hydrogen-bond acceptors (Lipinski definition) is 2. The summed E-state index contributed by atoms with van der Waals surface area (Å²) in [5.41, 5.74) is -0.0767. The van der Waals surface area contributed by atoms with Crippen molar-refractivity contribution in [1.29, 1.82) is 0 Å². The first-order valence-corrected chi connectivity index (χ1v) is 6.87. The average molecular weight is 299 g/mol. The van der Waals surface area contributed by atoms with E-state index in [1.54, 1.807) is 4.90 Å². The van der Waals surface area contributed by atoms with Crippen LogP contribution in [0.4, 0.5) is 4.39 Å². The van der Waals surface area contributed by atoms with E-state index in [-0.39, 0.29) is 22.5 Å². The lowest BCUT2D eigenvalue weighted by Gasteiger charge is -2.32. The highest BCUT2D eigenvalue weighted by atomic mass is 35.5. The van der Waals surface area contributed by atoms with Crippen LogP contribution >= 0.6 is 11.6 Å². The number of carbonyl (C=O) groups excluding carboxylic acids is 2. The van der Waals surface area contributed by atoms with Crippen LogP contribution in [0, 0.1) is 5.82 Å². The van der Waals surface area contributed by atoms with Gasteiger partial charge in [0.15, 0.2) is 0 Å². The molecule has 0 unspecified atom stereocenters. The van der Waals surface area contributed by atoms with Gasteiger partial charge in [-0.15, -0.1) is 0 Å². The third-order valence-electron chi connectivity index (χ3n) is 3.37. The van der Waals surface area contributed by atoms with Crippen molar-refractivity contribution in [3.63, 3.8) is 0 Å². The molecule has 0 saturated carbocycles. The lowest BCUT2D eigenvalue weighted by atomic mass is 10.0. The Labute approximate surface area is 121 Å². The minimum atomic E-state index is -0.605. The summed E-state index contributed by atoms with van der Waals surface area (Å²) in [6, 6.07) is 4.27. The molecule has 1 aliphatic heterocycles. The Morgan fingerprint density at radius 3 is 2.55 bits per heavy atom. The van der Waals surface area contributed by atoms with Crippen molar-refractivity contribution >= 4 is 23.4 Å². The van der Waals surface area contributed by atoms with E-state index in [1.165, 1.54) is 25.1 Å². The molecule has 0 radical (unpaired) electrons. The summed E-state index contributed by atoms with van der Waals surface area (Å²) in [7, 11) is 0. The second kappa shape index (κ2) is 6.22. The molecule has 0 aliphatic carbocycles. The number of hydrogen-bond donors (Lipinski definition) is 1. The molecule has 1 aliphatic rings. The molecule has 0 aromatic heterocycles. The zero-order valence-electron chi connectivity index (χ0n) is 11.2. The first-order chi connectivity index (χ1) is 9.49. The van der Waals surface area contributed by atoms with Gasteiger partial charge in [0.2, 0.25) is 5.91 Å². The van der Waals surface area contributed by atoms with Crippen LogP contribution in [0.2, 0.25) is 5.02 Å². The van der Waals surface area contributed by atoms with E-state index in [9.17, 15) is 14.0 Å². The van der Waals surface area contributed by atoms with Gasteiger partial charge in [0.1, 0.15) is 5.82 Å². The third kappa shape index (κ3) is 3.28. The molecule has 0 bridgehead atoms. The number of piperidine rings is 1. The molecule has 1 aromatic rings. The van der Waals surface area contributed by atoms with Gasteiger partial charge >= 0.3 is 0 Å². The predicted octanol–water partition coefficient (Wildman–Crippen LogP) is 2.22. The van der Waals surface area contributed by atoms with E-state index >= 15 is 0 Å². The summed E-state index contributed by atoms with van der Waals surface area (Å²) in [4.78, 5) is 24.8. The maximum absolute atomic E-state index is 13.7. The van der Waals surface area contributed by atoms with Gasteiger partial charge in [0, 0.05) is 26.1 Å². The third-order valence-corrected chi connectivity index (χ3v) is 3.68. The second-order valence-corrected chi connectivity index (χ2v) is 5.27. The lowest BCUT2D eigenvalue weighted by Crippen LogP contribution is -2.46. The van der Waals surface area contributed by atoms with E-state index in [1.807, 2.05) is 0 Å². The molecule has 2 amide bonds. The molecule has 1 saturated heterocycles. The van der Waals surface area contributed by atoms with Gasteiger partial charge in [-0.1, -0.05) is 17.7 Å². The van der Waals surface area contributed by atoms with Crippen LogP contribution in [0.3, 0.4) is 0 Å². The second-order valence-electron chi connectivity index (χ2n) is 4.86. The molecule has 2 rings (SSSR count). The fourth-order valence-corrected chi connectivity index (χ4v) is 2.62. The number of halogens is 2. The van der Waals surface area contributed by atoms with Gasteiger partial charge in [-0.05, 0) is 25.0 Å². The molecule has 6 heteroatoms. The van der Waals surface area contributed by atoms with Crippen molar-refractivity contribution < 1.29 is 14.0 Å². The van der Waals surface area contributed by atoms with Crippen molar-refractivity contribution in [1.82, 2.24) is 10.2 Å². The highest BCUT2D eigenvalue weighted by Gasteiger charge is 2.26. The molecule has 1 aromatic carbocycles. The number of carbonyl (C=O) groups is 2. The van der Waals surface area contributed by atoms with Gasteiger partial charge in [-0.25, -0.2) is 4.39 Å². The Hall–Kier alpha value is -1.62. The molecule has 20 heavy (non-hydrogen) atoms. The quantitative estimate of drug-likeness (QED) is 0.910. The summed E-state index contributed by atoms with van der Waals surface area (Å²) in [6.07, 6.45) is 1.33. The van der Waals surface area contributed by atoms with Crippen LogP contribution in [0.5, 0.6) is 0 Å². The minimum absolute atomic E-state index is 0.0765. The topological polar surface area (TPSA) is 49.4 Å². The Morgan fingerprint density at radius 1 is 1.35 bits per heavy atom. The molecule has 1 heterocycles. The lowest BCUT2D eigenvalue weighted by molar-refractivity contribution is -0.119. The van der Waals surface area contributed by atoms with Crippen molar-refractivity contribution in [2.45, 2.75) is 25.8 Å². The summed E-state index contributed by atoms with van der Waals surface area (Å²) in [5.74, 6) is -1.08. The first-order valence-electron chi connectivity index (χ1n) is 6.49. The molecule has 4 nitrogen and oxygen atoms in total. The van der Waals surface area contributed by atoms with Crippen LogP contribution in [0.15, 0.2) is 18.2 Å². The maximum atomic E-state index is 13.7. The van der Waals surface area contributed by atoms with Crippen LogP contribution in [-0.2, 0) is 4.79 Å². The van der Waals surface area contributed by atoms with E-state index in [4.69, 9.17) is 11.6 Å². The first kappa shape index (κ1) is 14.8. The van der Waals surface area contributed by atoms with E-state index < -0.39 is 11.7 Å². The van der Waals surface area contributed by atoms with Crippen molar-refractivity contribution in [3.8, 4) is 0 Å². The van der Waals surface area contributed by atoms with Crippen molar-refractivity contribution in [3.05, 3.63) is 34.6 Å². The predicted molar refractivity (Wildman–Crippen MR) is 74.2 cm³/mol. The zero-order chi connectivity index (χ0) is 14.7. The summed E-state index contributed by atoms with van der Waals surface area (Å²) < 4.78 is 13.7. The number of rotatable bonds is 2. The summed E-state index contributed by atoms with van der Waals surface area (Å²) in [6.45, 7) is 2.43. The van der Waals surface area contributed by atoms with E-state index in [0.29, 0.717) is 25.9 Å². The van der Waals surface area contributed by atoms with Crippen LogP contribution < -0.4 is 5.32 Å². The number of nitrogens with zero attached hydrogens (tertiary/aromatic N) is 1. The summed E-state index contributed by atoms with van der Waals surface area (Å²) in [5, 5.41) is 2.95. The molecule has 1 N–H and O–H groups in total. The Kier molecular flexibility index (Phi) is 4.60. The van der Waals surface area contributed by atoms with Gasteiger partial charge in [0.05, 0.1) is 10.6 Å². The van der Waals surface area contributed by atoms with Gasteiger partial charge in [0.25, 0.3) is 5.91 Å². The Bertz CT molecular complexity index is 508. The van der Waals surface area contributed by atoms with Gasteiger partial charge < -0.3 is 10.2 Å². The largest absolute Gasteiger partial charge is 0.353 e. The van der Waals surface area contributed by atoms with Crippen LogP contribution in [-0.4, -0.2) is 35.8 Å². The SMILES string of the molecule is CC(=O)NC1CCN(C(=O)c2c(F)cccc2Cl)CC1. The molecular formula is C14H16ClFN2O2. The highest BCUT2D eigenvalue weighted by molar-refractivity contribution is 6.33. The molecule has 1 fully saturated rings. The molecule has 0 atom stereocenters. The number of benzene rings is 1. The average Bonchev–Trinajstić information content (AvgIpc) is 2.38. The number of amides is 2. The van der Waals surface area contributed by atoms with E-state index in [0.717, 1.165) is 0 Å². The Balaban J connectivity index is 2.04. The number of likely N-dealkylation sites (tertiary alicyclic amines) is 1. The van der Waals surface area contributed by atoms with Crippen LogP contribution in [0.1, 0.15) is 30.1 Å². The highest BCUT2D eigenvalue weighted by Crippen LogP contribution is 2.22. The minimum Gasteiger partial charge on any atom is -0.353 e. The fourth-order valence-electron chi connectivity index (χ4n) is 2.37. The van der Waals surface area contributed by atoms with Crippen molar-refractivity contribution in [2.24, 2.45) is 0 Å². The molecule has 108 valence electrons. The zero-order valence-corrected chi connectivity index (χ0v) is 11.9. The number of nitrogens with one attached hydrogen (secondary N) is 1. The van der Waals surface area contributed by atoms with Crippen LogP contribution in [0.25, 0.3) is 0 Å².